The largest absolute Gasteiger partial charge is 0.483 e. The Hall–Kier alpha value is -4.23. The van der Waals surface area contributed by atoms with Crippen molar-refractivity contribution < 1.29 is 98.9 Å². The molecule has 0 amide bonds. The van der Waals surface area contributed by atoms with Crippen LogP contribution in [0.15, 0.2) is 12.7 Å². The molecule has 2 aliphatic rings. The highest BCUT2D eigenvalue weighted by atomic mass is 31.3. The molecule has 0 aliphatic carbocycles. The number of aliphatic hydroxyl groups is 1. The Bertz CT molecular complexity index is 1870. The molecule has 28 heteroatoms. The molecule has 25 nitrogen and oxygen atoms in total. The van der Waals surface area contributed by atoms with Crippen LogP contribution in [0.2, 0.25) is 0 Å². The summed E-state index contributed by atoms with van der Waals surface area (Å²) in [7, 11) is -11.7. The van der Waals surface area contributed by atoms with Crippen molar-refractivity contribution in [2.75, 3.05) is 18.9 Å². The molecular formula is C27H36FN5O20P2. The second-order valence-electron chi connectivity index (χ2n) is 11.6. The van der Waals surface area contributed by atoms with E-state index in [4.69, 9.17) is 43.4 Å². The minimum absolute atomic E-state index is 0.0346. The molecule has 2 aliphatic heterocycles. The van der Waals surface area contributed by atoms with Gasteiger partial charge >= 0.3 is 45.5 Å². The predicted molar refractivity (Wildman–Crippen MR) is 170 cm³/mol. The van der Waals surface area contributed by atoms with Gasteiger partial charge in [-0.25, -0.2) is 28.5 Å². The third-order valence-corrected chi connectivity index (χ3v) is 9.97. The van der Waals surface area contributed by atoms with Crippen LogP contribution < -0.4 is 5.73 Å². The zero-order chi connectivity index (χ0) is 41.0. The van der Waals surface area contributed by atoms with Crippen molar-refractivity contribution in [3.8, 4) is 0 Å². The molecule has 2 saturated heterocycles. The minimum Gasteiger partial charge on any atom is -0.462 e. The maximum atomic E-state index is 15.1. The predicted octanol–water partition coefficient (Wildman–Crippen LogP) is -0.730. The summed E-state index contributed by atoms with van der Waals surface area (Å²) in [6.07, 6.45) is -17.4. The van der Waals surface area contributed by atoms with Gasteiger partial charge in [0.1, 0.15) is 36.8 Å². The fourth-order valence-corrected chi connectivity index (χ4v) is 7.55. The molecule has 0 bridgehead atoms. The van der Waals surface area contributed by atoms with Crippen LogP contribution >= 0.6 is 15.6 Å². The van der Waals surface area contributed by atoms with Gasteiger partial charge in [0.2, 0.25) is 6.29 Å². The van der Waals surface area contributed by atoms with E-state index in [9.17, 15) is 48.0 Å². The number of hydrogen-bond donors (Lipinski definition) is 4. The lowest BCUT2D eigenvalue weighted by atomic mass is 9.94. The number of fused-ring (bicyclic) bond motifs is 1. The number of esters is 5. The van der Waals surface area contributed by atoms with Gasteiger partial charge in [0, 0.05) is 34.6 Å². The van der Waals surface area contributed by atoms with Gasteiger partial charge < -0.3 is 53.8 Å². The summed E-state index contributed by atoms with van der Waals surface area (Å²) in [4.78, 5) is 92.7. The van der Waals surface area contributed by atoms with Gasteiger partial charge in [-0.15, -0.1) is 0 Å². The van der Waals surface area contributed by atoms with E-state index >= 15 is 4.39 Å². The number of ether oxygens (including phenoxy) is 7. The topological polar surface area (TPSA) is 342 Å². The number of carbonyl (C=O) groups excluding carboxylic acids is 5. The Morgan fingerprint density at radius 2 is 1.51 bits per heavy atom. The first kappa shape index (κ1) is 43.5. The molecule has 55 heavy (non-hydrogen) atoms. The van der Waals surface area contributed by atoms with Crippen molar-refractivity contribution in [3.05, 3.63) is 12.7 Å². The van der Waals surface area contributed by atoms with Crippen LogP contribution in [0, 0.1) is 0 Å². The number of phosphoric ester groups is 2. The summed E-state index contributed by atoms with van der Waals surface area (Å²) in [6.45, 7) is 2.53. The number of halogens is 1. The number of anilines is 1. The molecule has 7 unspecified atom stereocenters. The fourth-order valence-electron chi connectivity index (χ4n) is 5.40. The third-order valence-electron chi connectivity index (χ3n) is 7.37. The maximum absolute atomic E-state index is 15.1. The highest BCUT2D eigenvalue weighted by Gasteiger charge is 2.57. The lowest BCUT2D eigenvalue weighted by molar-refractivity contribution is -0.301. The molecule has 0 spiro atoms. The van der Waals surface area contributed by atoms with E-state index in [-0.39, 0.29) is 17.0 Å². The molecule has 2 aromatic rings. The Morgan fingerprint density at radius 3 is 2.11 bits per heavy atom. The molecular weight excluding hydrogens is 795 g/mol. The van der Waals surface area contributed by atoms with E-state index in [0.717, 1.165) is 51.8 Å². The van der Waals surface area contributed by atoms with Crippen molar-refractivity contribution in [1.29, 1.82) is 0 Å². The van der Waals surface area contributed by atoms with Crippen molar-refractivity contribution in [1.82, 2.24) is 19.5 Å². The first-order chi connectivity index (χ1) is 25.6. The number of aromatic nitrogens is 4. The monoisotopic (exact) mass is 831 g/mol. The molecule has 12 atom stereocenters. The molecule has 5 N–H and O–H groups in total. The maximum Gasteiger partial charge on any atom is 0.483 e. The van der Waals surface area contributed by atoms with Gasteiger partial charge in [-0.2, -0.15) is 4.31 Å². The van der Waals surface area contributed by atoms with Crippen LogP contribution in [0.1, 0.15) is 40.8 Å². The van der Waals surface area contributed by atoms with Crippen molar-refractivity contribution in [2.45, 2.75) is 96.0 Å². The number of nitrogen functional groups attached to an aromatic ring is 1. The zero-order valence-electron chi connectivity index (χ0n) is 29.3. The Morgan fingerprint density at radius 1 is 0.891 bits per heavy atom. The molecule has 0 aromatic carbocycles. The van der Waals surface area contributed by atoms with E-state index in [1.807, 2.05) is 0 Å². The number of imidazole rings is 1. The average molecular weight is 832 g/mol. The van der Waals surface area contributed by atoms with Crippen molar-refractivity contribution >= 4 is 62.5 Å². The molecule has 306 valence electrons. The molecule has 4 rings (SSSR count). The Balaban J connectivity index is 1.57. The highest BCUT2D eigenvalue weighted by Crippen LogP contribution is 2.62. The van der Waals surface area contributed by atoms with Crippen LogP contribution in [0.5, 0.6) is 0 Å². The van der Waals surface area contributed by atoms with Crippen LogP contribution in [0.4, 0.5) is 10.2 Å². The van der Waals surface area contributed by atoms with Crippen LogP contribution in [-0.2, 0) is 79.6 Å². The van der Waals surface area contributed by atoms with E-state index in [0.29, 0.717) is 0 Å². The Labute approximate surface area is 308 Å². The van der Waals surface area contributed by atoms with E-state index in [2.05, 4.69) is 23.8 Å². The van der Waals surface area contributed by atoms with E-state index in [1.165, 1.54) is 0 Å². The first-order valence-corrected chi connectivity index (χ1v) is 18.7. The zero-order valence-corrected chi connectivity index (χ0v) is 31.1. The SMILES string of the molecule is CC(=O)OC[C@@H](OC(C)=O)C1O[C@@H](OP(=O)(O)OP(=O)(O)OC[C@H]2O[C@@H](n3cnc4c(N)ncnc43)C(O)C2F)C(OC(C)=O)C(OC(C)=O)[C@@H]1OC(C)=O. The lowest BCUT2D eigenvalue weighted by Crippen LogP contribution is -2.65. The lowest BCUT2D eigenvalue weighted by Gasteiger charge is -2.45. The van der Waals surface area contributed by atoms with Crippen molar-refractivity contribution in [2.24, 2.45) is 0 Å². The Kier molecular flexibility index (Phi) is 14.0. The number of rotatable bonds is 15. The van der Waals surface area contributed by atoms with Gasteiger partial charge in [0.05, 0.1) is 12.9 Å². The van der Waals surface area contributed by atoms with Crippen LogP contribution in [0.3, 0.4) is 0 Å². The second kappa shape index (κ2) is 17.7. The summed E-state index contributed by atoms with van der Waals surface area (Å²) in [5.41, 5.74) is 5.88. The quantitative estimate of drug-likeness (QED) is 0.0976. The summed E-state index contributed by atoms with van der Waals surface area (Å²) >= 11 is 0. The number of carbonyl (C=O) groups is 5. The summed E-state index contributed by atoms with van der Waals surface area (Å²) < 4.78 is 93.0. The average Bonchev–Trinajstić information content (AvgIpc) is 3.60. The van der Waals surface area contributed by atoms with Crippen molar-refractivity contribution in [3.63, 3.8) is 0 Å². The molecule has 0 radical (unpaired) electrons. The highest BCUT2D eigenvalue weighted by molar-refractivity contribution is 7.61. The molecule has 2 aromatic heterocycles. The first-order valence-electron chi connectivity index (χ1n) is 15.7. The summed E-state index contributed by atoms with van der Waals surface area (Å²) in [5.74, 6) is -5.26. The minimum atomic E-state index is -5.98. The number of nitrogens with two attached hydrogens (primary N) is 1. The van der Waals surface area contributed by atoms with Crippen LogP contribution in [0.25, 0.3) is 11.2 Å². The summed E-state index contributed by atoms with van der Waals surface area (Å²) in [5, 5.41) is 10.5. The van der Waals surface area contributed by atoms with Crippen LogP contribution in [-0.4, -0.2) is 133 Å². The van der Waals surface area contributed by atoms with Gasteiger partial charge in [-0.3, -0.25) is 37.6 Å². The number of phosphoric acid groups is 2. The van der Waals surface area contributed by atoms with Gasteiger partial charge in [-0.1, -0.05) is 0 Å². The van der Waals surface area contributed by atoms with E-state index < -0.39 is 120 Å². The fraction of sp³-hybridized carbons (Fsp3) is 0.630. The molecule has 2 fully saturated rings. The molecule has 4 heterocycles. The molecule has 0 saturated carbocycles. The number of hydrogen-bond acceptors (Lipinski definition) is 22. The second-order valence-corrected chi connectivity index (χ2v) is 14.6. The van der Waals surface area contributed by atoms with Gasteiger partial charge in [0.25, 0.3) is 0 Å². The standard InChI is InChI=1S/C27H36FN5O20P2/c1-10(34)44-6-16(46-11(2)35)20-21(47-12(3)36)22(48-13(4)37)23(49-14(5)38)27(51-20)52-55(42,43)53-54(40,41)45-7-15-17(28)19(39)26(50-15)33-9-32-18-24(29)30-8-31-25(18)33/h8-9,15-17,19-23,26-27,39H,6-7H2,1-5H3,(H,40,41)(H,42,43)(H2,29,30,31)/t15-,16-,17?,19?,20?,21-,22?,23?,26-,27+/m1/s1. The number of alkyl halides is 1. The smallest absolute Gasteiger partial charge is 0.462 e. The number of nitrogens with zero attached hydrogens (tertiary/aromatic N) is 4. The number of aliphatic hydroxyl groups excluding tert-OH is 1. The van der Waals surface area contributed by atoms with Gasteiger partial charge in [-0.05, 0) is 0 Å². The third kappa shape index (κ3) is 11.2. The van der Waals surface area contributed by atoms with E-state index in [1.54, 1.807) is 0 Å². The van der Waals surface area contributed by atoms with Gasteiger partial charge in [0.15, 0.2) is 48.3 Å². The normalized spacial score (nSPS) is 29.3. The summed E-state index contributed by atoms with van der Waals surface area (Å²) in [6, 6.07) is 0.